The summed E-state index contributed by atoms with van der Waals surface area (Å²) in [7, 11) is 1.79. The van der Waals surface area contributed by atoms with Crippen LogP contribution in [-0.4, -0.2) is 13.4 Å². The Bertz CT molecular complexity index is 648. The van der Waals surface area contributed by atoms with Crippen molar-refractivity contribution in [2.24, 2.45) is 28.6 Å². The maximum atomic E-state index is 6.31. The lowest BCUT2D eigenvalue weighted by atomic mass is 9.80. The highest BCUT2D eigenvalue weighted by atomic mass is 16.7. The third kappa shape index (κ3) is 4.48. The fraction of sp³-hybridized carbons (Fsp3) is 0.692. The lowest BCUT2D eigenvalue weighted by molar-refractivity contribution is -0.109. The van der Waals surface area contributed by atoms with Crippen LogP contribution in [0, 0.1) is 28.6 Å². The van der Waals surface area contributed by atoms with Crippen LogP contribution >= 0.6 is 0 Å². The molecule has 4 unspecified atom stereocenters. The highest BCUT2D eigenvalue weighted by Gasteiger charge is 2.55. The SMILES string of the molecule is C/C=C(/c1ccc(OC(OC)C2CC3CCC2C3(C)C)cc1)C(C)(C)C.CC. The topological polar surface area (TPSA) is 18.5 Å². The van der Waals surface area contributed by atoms with Crippen LogP contribution in [0.2, 0.25) is 0 Å². The standard InChI is InChI=1S/C24H36O2.C2H6/c1-8-20(23(2,3)4)16-9-12-18(13-10-16)26-22(25-7)19-15-17-11-14-21(19)24(17,5)6;1-2/h8-10,12-13,17,19,21-22H,11,14-15H2,1-7H3;1-2H3/b20-8-;. The van der Waals surface area contributed by atoms with Crippen molar-refractivity contribution >= 4 is 5.57 Å². The molecule has 0 N–H and O–H groups in total. The summed E-state index contributed by atoms with van der Waals surface area (Å²) < 4.78 is 12.1. The van der Waals surface area contributed by atoms with Crippen LogP contribution in [0.3, 0.4) is 0 Å². The van der Waals surface area contributed by atoms with Gasteiger partial charge in [-0.2, -0.15) is 0 Å². The quantitative estimate of drug-likeness (QED) is 0.485. The van der Waals surface area contributed by atoms with Crippen molar-refractivity contribution in [2.45, 2.75) is 80.9 Å². The van der Waals surface area contributed by atoms with Gasteiger partial charge in [0, 0.05) is 13.0 Å². The zero-order valence-electron chi connectivity index (χ0n) is 19.6. The van der Waals surface area contributed by atoms with E-state index in [1.807, 2.05) is 13.8 Å². The van der Waals surface area contributed by atoms with Crippen LogP contribution in [0.5, 0.6) is 5.75 Å². The predicted molar refractivity (Wildman–Crippen MR) is 120 cm³/mol. The third-order valence-corrected chi connectivity index (χ3v) is 7.00. The number of hydrogen-bond donors (Lipinski definition) is 0. The molecule has 2 aliphatic rings. The first-order valence-corrected chi connectivity index (χ1v) is 11.1. The summed E-state index contributed by atoms with van der Waals surface area (Å²) in [6, 6.07) is 8.53. The van der Waals surface area contributed by atoms with Gasteiger partial charge in [-0.05, 0) is 72.1 Å². The summed E-state index contributed by atoms with van der Waals surface area (Å²) in [6.45, 7) is 17.7. The van der Waals surface area contributed by atoms with Gasteiger partial charge in [0.1, 0.15) is 5.75 Å². The Morgan fingerprint density at radius 3 is 2.11 bits per heavy atom. The van der Waals surface area contributed by atoms with E-state index in [1.54, 1.807) is 7.11 Å². The van der Waals surface area contributed by atoms with Gasteiger partial charge in [0.2, 0.25) is 6.29 Å². The second-order valence-electron chi connectivity index (χ2n) is 9.80. The van der Waals surface area contributed by atoms with Crippen LogP contribution in [0.4, 0.5) is 0 Å². The number of hydrogen-bond acceptors (Lipinski definition) is 2. The molecule has 0 amide bonds. The Hall–Kier alpha value is -1.28. The maximum Gasteiger partial charge on any atom is 0.202 e. The summed E-state index contributed by atoms with van der Waals surface area (Å²) in [5.74, 6) is 2.96. The molecule has 2 nitrogen and oxygen atoms in total. The summed E-state index contributed by atoms with van der Waals surface area (Å²) in [4.78, 5) is 0. The van der Waals surface area contributed by atoms with Gasteiger partial charge in [-0.25, -0.2) is 0 Å². The molecule has 2 heteroatoms. The number of benzene rings is 1. The Morgan fingerprint density at radius 2 is 1.71 bits per heavy atom. The monoisotopic (exact) mass is 386 g/mol. The Kier molecular flexibility index (Phi) is 7.42. The lowest BCUT2D eigenvalue weighted by Gasteiger charge is -2.32. The fourth-order valence-electron chi connectivity index (χ4n) is 5.60. The van der Waals surface area contributed by atoms with E-state index in [9.17, 15) is 0 Å². The second-order valence-corrected chi connectivity index (χ2v) is 9.80. The van der Waals surface area contributed by atoms with Gasteiger partial charge in [0.05, 0.1) is 0 Å². The average molecular weight is 387 g/mol. The molecule has 1 aromatic carbocycles. The Morgan fingerprint density at radius 1 is 1.11 bits per heavy atom. The van der Waals surface area contributed by atoms with Crippen molar-refractivity contribution in [1.82, 2.24) is 0 Å². The molecule has 1 aromatic rings. The molecule has 0 aliphatic heterocycles. The van der Waals surface area contributed by atoms with Crippen molar-refractivity contribution < 1.29 is 9.47 Å². The van der Waals surface area contributed by atoms with E-state index in [0.29, 0.717) is 17.3 Å². The zero-order chi connectivity index (χ0) is 21.1. The fourth-order valence-corrected chi connectivity index (χ4v) is 5.60. The molecule has 4 atom stereocenters. The molecule has 2 fully saturated rings. The molecule has 2 bridgehead atoms. The van der Waals surface area contributed by atoms with Gasteiger partial charge < -0.3 is 9.47 Å². The smallest absolute Gasteiger partial charge is 0.202 e. The number of allylic oxidation sites excluding steroid dienone is 2. The molecule has 28 heavy (non-hydrogen) atoms. The van der Waals surface area contributed by atoms with Gasteiger partial charge in [0.25, 0.3) is 0 Å². The number of rotatable bonds is 5. The first kappa shape index (κ1) is 23.0. The summed E-state index contributed by atoms with van der Waals surface area (Å²) in [5.41, 5.74) is 3.20. The summed E-state index contributed by atoms with van der Waals surface area (Å²) in [6.07, 6.45) is 6.00. The number of ether oxygens (including phenoxy) is 2. The van der Waals surface area contributed by atoms with E-state index < -0.39 is 0 Å². The molecular formula is C26H42O2. The molecule has 2 saturated carbocycles. The van der Waals surface area contributed by atoms with Crippen molar-refractivity contribution in [2.75, 3.05) is 7.11 Å². The van der Waals surface area contributed by atoms with E-state index in [4.69, 9.17) is 9.47 Å². The van der Waals surface area contributed by atoms with Crippen LogP contribution in [0.25, 0.3) is 5.57 Å². The van der Waals surface area contributed by atoms with E-state index in [0.717, 1.165) is 11.7 Å². The highest BCUT2D eigenvalue weighted by molar-refractivity contribution is 5.69. The van der Waals surface area contributed by atoms with Crippen molar-refractivity contribution in [1.29, 1.82) is 0 Å². The summed E-state index contributed by atoms with van der Waals surface area (Å²) in [5, 5.41) is 0. The van der Waals surface area contributed by atoms with Crippen LogP contribution in [0.1, 0.15) is 80.2 Å². The minimum absolute atomic E-state index is 0.140. The molecule has 0 aromatic heterocycles. The van der Waals surface area contributed by atoms with Gasteiger partial charge in [0.15, 0.2) is 0 Å². The lowest BCUT2D eigenvalue weighted by Crippen LogP contribution is -2.34. The van der Waals surface area contributed by atoms with Crippen molar-refractivity contribution in [3.8, 4) is 5.75 Å². The van der Waals surface area contributed by atoms with E-state index in [1.165, 1.54) is 30.4 Å². The molecule has 2 aliphatic carbocycles. The molecule has 0 spiro atoms. The van der Waals surface area contributed by atoms with Gasteiger partial charge in [-0.15, -0.1) is 0 Å². The maximum absolute atomic E-state index is 6.31. The normalized spacial score (nSPS) is 27.2. The van der Waals surface area contributed by atoms with Crippen LogP contribution in [-0.2, 0) is 4.74 Å². The zero-order valence-corrected chi connectivity index (χ0v) is 19.6. The molecule has 0 radical (unpaired) electrons. The van der Waals surface area contributed by atoms with Gasteiger partial charge >= 0.3 is 0 Å². The average Bonchev–Trinajstić information content (AvgIpc) is 3.09. The van der Waals surface area contributed by atoms with Gasteiger partial charge in [-0.1, -0.05) is 66.7 Å². The Labute approximate surface area is 173 Å². The summed E-state index contributed by atoms with van der Waals surface area (Å²) >= 11 is 0. The minimum atomic E-state index is -0.140. The first-order valence-electron chi connectivity index (χ1n) is 11.1. The van der Waals surface area contributed by atoms with Crippen LogP contribution in [0.15, 0.2) is 30.3 Å². The second kappa shape index (κ2) is 9.03. The van der Waals surface area contributed by atoms with Crippen molar-refractivity contribution in [3.05, 3.63) is 35.9 Å². The van der Waals surface area contributed by atoms with E-state index in [-0.39, 0.29) is 11.7 Å². The van der Waals surface area contributed by atoms with Crippen molar-refractivity contribution in [3.63, 3.8) is 0 Å². The molecule has 0 heterocycles. The van der Waals surface area contributed by atoms with E-state index in [2.05, 4.69) is 71.9 Å². The molecule has 3 rings (SSSR count). The van der Waals surface area contributed by atoms with E-state index >= 15 is 0 Å². The number of methoxy groups -OCH3 is 1. The molecule has 0 saturated heterocycles. The van der Waals surface area contributed by atoms with Crippen LogP contribution < -0.4 is 4.74 Å². The first-order chi connectivity index (χ1) is 13.2. The highest BCUT2D eigenvalue weighted by Crippen LogP contribution is 2.61. The van der Waals surface area contributed by atoms with Gasteiger partial charge in [-0.3, -0.25) is 0 Å². The third-order valence-electron chi connectivity index (χ3n) is 7.00. The predicted octanol–water partition coefficient (Wildman–Crippen LogP) is 7.59. The molecule has 158 valence electrons. The Balaban J connectivity index is 0.00000136. The number of fused-ring (bicyclic) bond motifs is 2. The minimum Gasteiger partial charge on any atom is -0.465 e. The molecular weight excluding hydrogens is 344 g/mol. The largest absolute Gasteiger partial charge is 0.465 e.